The molecule has 2 fully saturated rings. The molecule has 3 aromatic heterocycles. The number of aromatic nitrogens is 3. The summed E-state index contributed by atoms with van der Waals surface area (Å²) in [5, 5.41) is 12.5. The Hall–Kier alpha value is -3.48. The second-order valence-corrected chi connectivity index (χ2v) is 8.10. The van der Waals surface area contributed by atoms with Gasteiger partial charge in [0.2, 0.25) is 0 Å². The van der Waals surface area contributed by atoms with Crippen LogP contribution in [-0.2, 0) is 0 Å². The Morgan fingerprint density at radius 3 is 2.86 bits per heavy atom. The third-order valence-electron chi connectivity index (χ3n) is 6.34. The number of amides is 1. The van der Waals surface area contributed by atoms with Crippen molar-refractivity contribution in [3.8, 4) is 5.75 Å². The number of benzene rings is 1. The molecule has 1 saturated heterocycles. The highest BCUT2D eigenvalue weighted by Crippen LogP contribution is 2.47. The number of rotatable bonds is 2. The largest absolute Gasteiger partial charge is 0.504 e. The Kier molecular flexibility index (Phi) is 3.27. The smallest absolute Gasteiger partial charge is 0.270 e. The number of piperazine rings is 1. The van der Waals surface area contributed by atoms with Gasteiger partial charge >= 0.3 is 0 Å². The van der Waals surface area contributed by atoms with Crippen LogP contribution in [-0.4, -0.2) is 56.0 Å². The molecule has 0 atom stereocenters. The first-order valence-corrected chi connectivity index (χ1v) is 9.94. The van der Waals surface area contributed by atoms with Gasteiger partial charge in [0.15, 0.2) is 5.75 Å². The van der Waals surface area contributed by atoms with Crippen LogP contribution in [0, 0.1) is 0 Å². The molecular weight excluding hydrogens is 366 g/mol. The van der Waals surface area contributed by atoms with Crippen molar-refractivity contribution >= 4 is 33.5 Å². The Balaban J connectivity index is 1.32. The van der Waals surface area contributed by atoms with Crippen LogP contribution in [0.15, 0.2) is 48.8 Å². The van der Waals surface area contributed by atoms with E-state index in [0.717, 1.165) is 47.0 Å². The normalized spacial score (nSPS) is 18.1. The van der Waals surface area contributed by atoms with Crippen molar-refractivity contribution in [3.63, 3.8) is 0 Å². The van der Waals surface area contributed by atoms with E-state index in [2.05, 4.69) is 19.9 Å². The van der Waals surface area contributed by atoms with Gasteiger partial charge in [-0.2, -0.15) is 0 Å². The van der Waals surface area contributed by atoms with Gasteiger partial charge in [0.1, 0.15) is 11.3 Å². The topological polar surface area (TPSA) is 88.2 Å². The van der Waals surface area contributed by atoms with Crippen LogP contribution < -0.4 is 4.90 Å². The lowest BCUT2D eigenvalue weighted by atomic mass is 10.1. The molecule has 29 heavy (non-hydrogen) atoms. The quantitative estimate of drug-likeness (QED) is 0.493. The predicted octanol–water partition coefficient (Wildman–Crippen LogP) is 3.24. The number of nitrogens with one attached hydrogen (secondary N) is 2. The Morgan fingerprint density at radius 2 is 2.03 bits per heavy atom. The first-order valence-electron chi connectivity index (χ1n) is 9.94. The van der Waals surface area contributed by atoms with E-state index in [4.69, 9.17) is 0 Å². The van der Waals surface area contributed by atoms with E-state index in [1.54, 1.807) is 0 Å². The van der Waals surface area contributed by atoms with Crippen molar-refractivity contribution in [2.45, 2.75) is 18.4 Å². The minimum Gasteiger partial charge on any atom is -0.504 e. The summed E-state index contributed by atoms with van der Waals surface area (Å²) >= 11 is 0. The molecule has 0 radical (unpaired) electrons. The van der Waals surface area contributed by atoms with Gasteiger partial charge in [-0.05, 0) is 31.0 Å². The number of pyridine rings is 1. The molecule has 7 nitrogen and oxygen atoms in total. The van der Waals surface area contributed by atoms with E-state index in [9.17, 15) is 9.90 Å². The maximum atomic E-state index is 13.3. The number of para-hydroxylation sites is 1. The van der Waals surface area contributed by atoms with Gasteiger partial charge in [0, 0.05) is 42.1 Å². The zero-order valence-electron chi connectivity index (χ0n) is 15.9. The molecule has 146 valence electrons. The average molecular weight is 387 g/mol. The van der Waals surface area contributed by atoms with E-state index in [1.165, 1.54) is 6.20 Å². The molecule has 4 heterocycles. The monoisotopic (exact) mass is 387 g/mol. The lowest BCUT2D eigenvalue weighted by Crippen LogP contribution is -2.57. The van der Waals surface area contributed by atoms with Crippen LogP contribution in [0.25, 0.3) is 21.9 Å². The molecule has 6 rings (SSSR count). The van der Waals surface area contributed by atoms with Crippen LogP contribution in [0.5, 0.6) is 5.75 Å². The second-order valence-electron chi connectivity index (χ2n) is 8.10. The predicted molar refractivity (Wildman–Crippen MR) is 111 cm³/mol. The van der Waals surface area contributed by atoms with Crippen LogP contribution >= 0.6 is 0 Å². The number of aromatic hydroxyl groups is 1. The van der Waals surface area contributed by atoms with E-state index in [-0.39, 0.29) is 17.2 Å². The number of anilines is 1. The van der Waals surface area contributed by atoms with Crippen LogP contribution in [0.4, 0.5) is 5.69 Å². The lowest BCUT2D eigenvalue weighted by Gasteiger charge is -2.43. The number of fused-ring (bicyclic) bond motifs is 2. The number of aromatic amines is 2. The first-order chi connectivity index (χ1) is 14.1. The summed E-state index contributed by atoms with van der Waals surface area (Å²) in [6.07, 6.45) is 5.30. The van der Waals surface area contributed by atoms with Crippen molar-refractivity contribution in [3.05, 3.63) is 54.5 Å². The molecule has 7 heteroatoms. The van der Waals surface area contributed by atoms with Gasteiger partial charge in [-0.3, -0.25) is 4.79 Å². The van der Waals surface area contributed by atoms with E-state index in [0.29, 0.717) is 18.8 Å². The van der Waals surface area contributed by atoms with Gasteiger partial charge in [-0.1, -0.05) is 18.2 Å². The van der Waals surface area contributed by atoms with Crippen molar-refractivity contribution in [1.29, 1.82) is 0 Å². The number of H-pyrrole nitrogens is 2. The fraction of sp³-hybridized carbons (Fsp3) is 0.273. The summed E-state index contributed by atoms with van der Waals surface area (Å²) in [5.41, 5.74) is 3.03. The SMILES string of the molecule is O=C(c1cc2ccccc2[nH]1)N1CCN(c2c(O)cnc3[nH]ccc23)CC12CC2. The second kappa shape index (κ2) is 5.76. The lowest BCUT2D eigenvalue weighted by molar-refractivity contribution is 0.0619. The van der Waals surface area contributed by atoms with Gasteiger partial charge in [0.25, 0.3) is 5.91 Å². The summed E-state index contributed by atoms with van der Waals surface area (Å²) in [6, 6.07) is 11.8. The average Bonchev–Trinajstić information content (AvgIpc) is 3.16. The van der Waals surface area contributed by atoms with Crippen LogP contribution in [0.2, 0.25) is 0 Å². The number of carbonyl (C=O) groups is 1. The van der Waals surface area contributed by atoms with Crippen molar-refractivity contribution in [2.75, 3.05) is 24.5 Å². The van der Waals surface area contributed by atoms with Gasteiger partial charge in [0.05, 0.1) is 17.4 Å². The molecule has 3 N–H and O–H groups in total. The minimum atomic E-state index is -0.162. The zero-order valence-corrected chi connectivity index (χ0v) is 15.9. The Morgan fingerprint density at radius 1 is 1.17 bits per heavy atom. The maximum absolute atomic E-state index is 13.3. The fourth-order valence-corrected chi connectivity index (χ4v) is 4.71. The highest BCUT2D eigenvalue weighted by atomic mass is 16.3. The molecule has 1 amide bonds. The van der Waals surface area contributed by atoms with Gasteiger partial charge < -0.3 is 24.9 Å². The number of carbonyl (C=O) groups excluding carboxylic acids is 1. The summed E-state index contributed by atoms with van der Waals surface area (Å²) in [4.78, 5) is 28.2. The number of nitrogens with zero attached hydrogens (tertiary/aromatic N) is 3. The highest BCUT2D eigenvalue weighted by Gasteiger charge is 2.53. The molecule has 1 spiro atoms. The molecule has 4 aromatic rings. The first kappa shape index (κ1) is 16.5. The van der Waals surface area contributed by atoms with E-state index < -0.39 is 0 Å². The van der Waals surface area contributed by atoms with Crippen molar-refractivity contribution in [2.24, 2.45) is 0 Å². The Labute approximate surface area is 167 Å². The van der Waals surface area contributed by atoms with Crippen LogP contribution in [0.3, 0.4) is 0 Å². The van der Waals surface area contributed by atoms with Crippen molar-refractivity contribution in [1.82, 2.24) is 19.9 Å². The molecule has 2 aliphatic rings. The van der Waals surface area contributed by atoms with E-state index >= 15 is 0 Å². The molecule has 1 aliphatic heterocycles. The molecule has 1 aliphatic carbocycles. The third-order valence-corrected chi connectivity index (χ3v) is 6.34. The number of hydrogen-bond acceptors (Lipinski definition) is 4. The molecule has 0 unspecified atom stereocenters. The zero-order chi connectivity index (χ0) is 19.6. The summed E-state index contributed by atoms with van der Waals surface area (Å²) < 4.78 is 0. The fourth-order valence-electron chi connectivity index (χ4n) is 4.71. The van der Waals surface area contributed by atoms with E-state index in [1.807, 2.05) is 47.5 Å². The summed E-state index contributed by atoms with van der Waals surface area (Å²) in [7, 11) is 0. The Bertz CT molecular complexity index is 1220. The minimum absolute atomic E-state index is 0.0593. The molecule has 0 bridgehead atoms. The van der Waals surface area contributed by atoms with Gasteiger partial charge in [-0.25, -0.2) is 4.98 Å². The van der Waals surface area contributed by atoms with Crippen molar-refractivity contribution < 1.29 is 9.90 Å². The summed E-state index contributed by atoms with van der Waals surface area (Å²) in [6.45, 7) is 2.02. The highest BCUT2D eigenvalue weighted by molar-refractivity contribution is 5.99. The van der Waals surface area contributed by atoms with Crippen LogP contribution in [0.1, 0.15) is 23.3 Å². The van der Waals surface area contributed by atoms with Gasteiger partial charge in [-0.15, -0.1) is 0 Å². The summed E-state index contributed by atoms with van der Waals surface area (Å²) in [5.74, 6) is 0.243. The maximum Gasteiger partial charge on any atom is 0.270 e. The third kappa shape index (κ3) is 2.43. The number of hydrogen-bond donors (Lipinski definition) is 3. The standard InChI is InChI=1S/C22H21N5O2/c28-18-12-24-20-15(5-8-23-20)19(18)26-9-10-27(22(13-26)6-7-22)21(29)17-11-14-3-1-2-4-16(14)25-17/h1-5,8,11-12,25,28H,6-7,9-10,13H2,(H,23,24). The molecule has 1 aromatic carbocycles. The molecule has 1 saturated carbocycles. The molecular formula is C22H21N5O2.